The first-order valence-electron chi connectivity index (χ1n) is 7.96. The number of ether oxygens (including phenoxy) is 1. The molecule has 0 saturated heterocycles. The Morgan fingerprint density at radius 3 is 2.30 bits per heavy atom. The highest BCUT2D eigenvalue weighted by Crippen LogP contribution is 2.15. The molecular weight excluding hydrogens is 375 g/mol. The third kappa shape index (κ3) is 10.3. The quantitative estimate of drug-likeness (QED) is 0.613. The maximum absolute atomic E-state index is 13.5. The summed E-state index contributed by atoms with van der Waals surface area (Å²) < 4.78 is 44.9. The van der Waals surface area contributed by atoms with E-state index in [0.717, 1.165) is 5.56 Å². The second kappa shape index (κ2) is 10.6. The second-order valence-electron chi connectivity index (χ2n) is 5.76. The van der Waals surface area contributed by atoms with Crippen molar-refractivity contribution in [1.29, 1.82) is 0 Å². The molecule has 0 aromatic heterocycles. The van der Waals surface area contributed by atoms with Gasteiger partial charge in [0.15, 0.2) is 0 Å². The first-order chi connectivity index (χ1) is 12.6. The lowest BCUT2D eigenvalue weighted by molar-refractivity contribution is -0.119. The van der Waals surface area contributed by atoms with Crippen LogP contribution in [0.4, 0.5) is 4.39 Å². The van der Waals surface area contributed by atoms with Gasteiger partial charge in [-0.15, -0.1) is 0 Å². The van der Waals surface area contributed by atoms with Crippen molar-refractivity contribution in [2.75, 3.05) is 6.26 Å². The van der Waals surface area contributed by atoms with Crippen LogP contribution in [0.15, 0.2) is 48.5 Å². The van der Waals surface area contributed by atoms with Gasteiger partial charge in [0, 0.05) is 12.1 Å². The lowest BCUT2D eigenvalue weighted by Gasteiger charge is -2.11. The van der Waals surface area contributed by atoms with Gasteiger partial charge in [0.25, 0.3) is 10.1 Å². The van der Waals surface area contributed by atoms with Gasteiger partial charge < -0.3 is 15.8 Å². The molecule has 1 atom stereocenters. The van der Waals surface area contributed by atoms with Crippen molar-refractivity contribution >= 4 is 16.0 Å². The Kier molecular flexibility index (Phi) is 8.86. The molecule has 148 valence electrons. The van der Waals surface area contributed by atoms with E-state index in [9.17, 15) is 17.6 Å². The Morgan fingerprint density at radius 1 is 1.22 bits per heavy atom. The first-order valence-corrected chi connectivity index (χ1v) is 9.81. The van der Waals surface area contributed by atoms with E-state index in [1.807, 2.05) is 24.3 Å². The number of rotatable bonds is 7. The molecule has 0 aliphatic carbocycles. The lowest BCUT2D eigenvalue weighted by Crippen LogP contribution is -2.38. The molecule has 0 radical (unpaired) electrons. The van der Waals surface area contributed by atoms with Crippen molar-refractivity contribution in [3.05, 3.63) is 65.5 Å². The van der Waals surface area contributed by atoms with Crippen molar-refractivity contribution in [2.24, 2.45) is 5.73 Å². The van der Waals surface area contributed by atoms with Crippen LogP contribution in [0.25, 0.3) is 0 Å². The number of hydrogen-bond donors (Lipinski definition) is 3. The molecule has 4 N–H and O–H groups in total. The van der Waals surface area contributed by atoms with Gasteiger partial charge in [0.2, 0.25) is 5.91 Å². The van der Waals surface area contributed by atoms with Gasteiger partial charge in [-0.05, 0) is 30.7 Å². The number of benzene rings is 2. The second-order valence-corrected chi connectivity index (χ2v) is 7.23. The van der Waals surface area contributed by atoms with Gasteiger partial charge in [-0.2, -0.15) is 8.42 Å². The zero-order valence-corrected chi connectivity index (χ0v) is 15.9. The van der Waals surface area contributed by atoms with Gasteiger partial charge in [0.1, 0.15) is 18.2 Å². The third-order valence-corrected chi connectivity index (χ3v) is 3.31. The molecule has 0 aliphatic rings. The molecule has 0 fully saturated rings. The molecule has 9 heteroatoms. The largest absolute Gasteiger partial charge is 0.489 e. The summed E-state index contributed by atoms with van der Waals surface area (Å²) in [6.45, 7) is 2.44. The monoisotopic (exact) mass is 398 g/mol. The number of hydrogen-bond acceptors (Lipinski definition) is 5. The van der Waals surface area contributed by atoms with Crippen LogP contribution in [-0.4, -0.2) is 31.2 Å². The lowest BCUT2D eigenvalue weighted by atomic mass is 10.2. The van der Waals surface area contributed by atoms with Crippen LogP contribution < -0.4 is 15.8 Å². The number of nitrogens with one attached hydrogen (secondary N) is 1. The van der Waals surface area contributed by atoms with Gasteiger partial charge in [-0.1, -0.05) is 30.3 Å². The minimum Gasteiger partial charge on any atom is -0.489 e. The molecule has 0 spiro atoms. The predicted molar refractivity (Wildman–Crippen MR) is 100 cm³/mol. The molecule has 2 aromatic carbocycles. The number of halogens is 1. The highest BCUT2D eigenvalue weighted by atomic mass is 32.2. The normalized spacial score (nSPS) is 11.9. The minimum absolute atomic E-state index is 0.184. The van der Waals surface area contributed by atoms with Crippen LogP contribution >= 0.6 is 0 Å². The number of carbonyl (C=O) groups is 1. The predicted octanol–water partition coefficient (Wildman–Crippen LogP) is 1.87. The maximum atomic E-state index is 13.5. The van der Waals surface area contributed by atoms with Crippen LogP contribution in [-0.2, 0) is 28.1 Å². The Hall–Kier alpha value is -2.49. The zero-order chi connectivity index (χ0) is 20.4. The van der Waals surface area contributed by atoms with Gasteiger partial charge in [-0.3, -0.25) is 9.35 Å². The molecule has 2 aromatic rings. The molecule has 0 bridgehead atoms. The van der Waals surface area contributed by atoms with Crippen molar-refractivity contribution in [3.63, 3.8) is 0 Å². The summed E-state index contributed by atoms with van der Waals surface area (Å²) in [5.74, 6) is 0.00329. The Bertz CT molecular complexity index is 833. The Labute approximate surface area is 158 Å². The molecule has 0 heterocycles. The van der Waals surface area contributed by atoms with E-state index in [2.05, 4.69) is 5.32 Å². The van der Waals surface area contributed by atoms with Gasteiger partial charge in [0.05, 0.1) is 12.3 Å². The fraction of sp³-hybridized carbons (Fsp3) is 0.278. The van der Waals surface area contributed by atoms with Crippen LogP contribution in [0.1, 0.15) is 18.1 Å². The highest BCUT2D eigenvalue weighted by molar-refractivity contribution is 7.85. The van der Waals surface area contributed by atoms with Crippen molar-refractivity contribution in [2.45, 2.75) is 26.1 Å². The first kappa shape index (κ1) is 22.6. The summed E-state index contributed by atoms with van der Waals surface area (Å²) in [6.07, 6.45) is 0.715. The van der Waals surface area contributed by atoms with E-state index in [-0.39, 0.29) is 24.4 Å². The van der Waals surface area contributed by atoms with E-state index < -0.39 is 10.1 Å². The molecule has 1 amide bonds. The minimum atomic E-state index is -3.67. The van der Waals surface area contributed by atoms with Crippen LogP contribution in [0.2, 0.25) is 0 Å². The summed E-state index contributed by atoms with van der Waals surface area (Å²) in [5, 5.41) is 3.02. The summed E-state index contributed by atoms with van der Waals surface area (Å²) >= 11 is 0. The summed E-state index contributed by atoms with van der Waals surface area (Å²) in [6, 6.07) is 13.5. The summed E-state index contributed by atoms with van der Waals surface area (Å²) in [5.41, 5.74) is 6.70. The Morgan fingerprint density at radius 2 is 1.78 bits per heavy atom. The molecule has 7 nitrogen and oxygen atoms in total. The standard InChI is InChI=1S/C17H19FN2O2.CH4O3S/c1-12(17(19)21)20-10-13-6-8-15(9-7-13)22-11-14-4-2-3-5-16(14)18;1-5(2,3)4/h2-9,12,20H,10-11H2,1H3,(H2,19,21);1H3,(H,2,3,4)/t12-;/m1./s1. The summed E-state index contributed by atoms with van der Waals surface area (Å²) in [4.78, 5) is 10.9. The average molecular weight is 398 g/mol. The topological polar surface area (TPSA) is 119 Å². The van der Waals surface area contributed by atoms with E-state index in [1.54, 1.807) is 25.1 Å². The van der Waals surface area contributed by atoms with Crippen LogP contribution in [0, 0.1) is 5.82 Å². The van der Waals surface area contributed by atoms with Crippen LogP contribution in [0.3, 0.4) is 0 Å². The zero-order valence-electron chi connectivity index (χ0n) is 15.1. The van der Waals surface area contributed by atoms with E-state index in [1.165, 1.54) is 6.07 Å². The summed E-state index contributed by atoms with van der Waals surface area (Å²) in [7, 11) is -3.67. The van der Waals surface area contributed by atoms with Crippen molar-refractivity contribution in [1.82, 2.24) is 5.32 Å². The highest BCUT2D eigenvalue weighted by Gasteiger charge is 2.07. The molecule has 0 unspecified atom stereocenters. The molecule has 0 aliphatic heterocycles. The fourth-order valence-electron chi connectivity index (χ4n) is 1.85. The SMILES string of the molecule is CS(=O)(=O)O.C[C@@H](NCc1ccc(OCc2ccccc2F)cc1)C(N)=O. The fourth-order valence-corrected chi connectivity index (χ4v) is 1.85. The number of carbonyl (C=O) groups excluding carboxylic acids is 1. The van der Waals surface area contributed by atoms with Gasteiger partial charge in [-0.25, -0.2) is 4.39 Å². The van der Waals surface area contributed by atoms with E-state index in [4.69, 9.17) is 15.0 Å². The molecule has 0 saturated carbocycles. The van der Waals surface area contributed by atoms with E-state index >= 15 is 0 Å². The van der Waals surface area contributed by atoms with Gasteiger partial charge >= 0.3 is 0 Å². The number of amides is 1. The van der Waals surface area contributed by atoms with Crippen LogP contribution in [0.5, 0.6) is 5.75 Å². The van der Waals surface area contributed by atoms with Crippen molar-refractivity contribution < 1.29 is 26.9 Å². The van der Waals surface area contributed by atoms with Crippen molar-refractivity contribution in [3.8, 4) is 5.75 Å². The maximum Gasteiger partial charge on any atom is 0.261 e. The molecule has 27 heavy (non-hydrogen) atoms. The average Bonchev–Trinajstić information content (AvgIpc) is 2.58. The van der Waals surface area contributed by atoms with E-state index in [0.29, 0.717) is 24.1 Å². The Balaban J connectivity index is 0.000000646. The smallest absolute Gasteiger partial charge is 0.261 e. The third-order valence-electron chi connectivity index (χ3n) is 3.31. The molecular formula is C18H23FN2O5S. The molecule has 2 rings (SSSR count). The number of primary amides is 1. The number of nitrogens with two attached hydrogens (primary N) is 1.